The summed E-state index contributed by atoms with van der Waals surface area (Å²) in [6, 6.07) is 15.4. The lowest BCUT2D eigenvalue weighted by Crippen LogP contribution is -2.04. The molecule has 4 aromatic rings. The Morgan fingerprint density at radius 3 is 2.85 bits per heavy atom. The number of thiazole rings is 1. The van der Waals surface area contributed by atoms with Crippen LogP contribution in [0.4, 0.5) is 10.8 Å². The molecule has 0 aliphatic carbocycles. The summed E-state index contributed by atoms with van der Waals surface area (Å²) in [5.41, 5.74) is 3.16. The van der Waals surface area contributed by atoms with Crippen LogP contribution in [0.5, 0.6) is 5.75 Å². The second kappa shape index (κ2) is 7.25. The van der Waals surface area contributed by atoms with E-state index >= 15 is 0 Å². The molecule has 0 bridgehead atoms. The highest BCUT2D eigenvalue weighted by molar-refractivity contribution is 7.14. The molecule has 136 valence electrons. The Morgan fingerprint density at radius 2 is 2.04 bits per heavy atom. The van der Waals surface area contributed by atoms with Crippen molar-refractivity contribution in [2.24, 2.45) is 0 Å². The molecule has 2 aromatic carbocycles. The molecule has 0 unspecified atom stereocenters. The van der Waals surface area contributed by atoms with Gasteiger partial charge in [-0.2, -0.15) is 0 Å². The molecule has 6 heteroatoms. The zero-order valence-corrected chi connectivity index (χ0v) is 15.8. The number of nitrogens with one attached hydrogen (secondary N) is 1. The van der Waals surface area contributed by atoms with Gasteiger partial charge in [0.2, 0.25) is 0 Å². The van der Waals surface area contributed by atoms with Gasteiger partial charge in [-0.15, -0.1) is 11.3 Å². The summed E-state index contributed by atoms with van der Waals surface area (Å²) in [5, 5.41) is 6.66. The van der Waals surface area contributed by atoms with Crippen molar-refractivity contribution in [1.82, 2.24) is 4.98 Å². The number of hydrogen-bond donors (Lipinski definition) is 1. The van der Waals surface area contributed by atoms with Crippen LogP contribution in [-0.4, -0.2) is 12.1 Å². The SMILES string of the molecule is CCc1cccc2cc(-c3csc(Nc4ccccc4OC)n3)c(=O)oc12. The predicted octanol–water partition coefficient (Wildman–Crippen LogP) is 5.23. The van der Waals surface area contributed by atoms with Crippen molar-refractivity contribution in [3.05, 3.63) is 69.9 Å². The Morgan fingerprint density at radius 1 is 1.19 bits per heavy atom. The number of fused-ring (bicyclic) bond motifs is 1. The molecule has 0 spiro atoms. The van der Waals surface area contributed by atoms with E-state index in [9.17, 15) is 4.79 Å². The van der Waals surface area contributed by atoms with Gasteiger partial charge < -0.3 is 14.5 Å². The molecule has 0 fully saturated rings. The first-order valence-corrected chi connectivity index (χ1v) is 9.49. The molecule has 0 atom stereocenters. The third-order valence-electron chi connectivity index (χ3n) is 4.35. The van der Waals surface area contributed by atoms with Crippen LogP contribution in [0.25, 0.3) is 22.2 Å². The fraction of sp³-hybridized carbons (Fsp3) is 0.143. The predicted molar refractivity (Wildman–Crippen MR) is 109 cm³/mol. The zero-order valence-electron chi connectivity index (χ0n) is 15.0. The third kappa shape index (κ3) is 3.31. The highest BCUT2D eigenvalue weighted by atomic mass is 32.1. The van der Waals surface area contributed by atoms with E-state index in [0.717, 1.165) is 28.8 Å². The van der Waals surface area contributed by atoms with Crippen LogP contribution in [0.1, 0.15) is 12.5 Å². The number of aryl methyl sites for hydroxylation is 1. The van der Waals surface area contributed by atoms with E-state index in [1.165, 1.54) is 11.3 Å². The monoisotopic (exact) mass is 378 g/mol. The van der Waals surface area contributed by atoms with Gasteiger partial charge in [0.25, 0.3) is 0 Å². The maximum Gasteiger partial charge on any atom is 0.345 e. The highest BCUT2D eigenvalue weighted by Gasteiger charge is 2.13. The van der Waals surface area contributed by atoms with Gasteiger partial charge in [0.05, 0.1) is 24.1 Å². The summed E-state index contributed by atoms with van der Waals surface area (Å²) >= 11 is 1.42. The van der Waals surface area contributed by atoms with E-state index < -0.39 is 0 Å². The van der Waals surface area contributed by atoms with Gasteiger partial charge in [-0.25, -0.2) is 9.78 Å². The van der Waals surface area contributed by atoms with Crippen molar-refractivity contribution >= 4 is 33.1 Å². The van der Waals surface area contributed by atoms with Crippen molar-refractivity contribution in [3.63, 3.8) is 0 Å². The molecule has 0 aliphatic heterocycles. The molecule has 1 N–H and O–H groups in total. The number of anilines is 2. The standard InChI is InChI=1S/C21H18N2O3S/c1-3-13-7-6-8-14-11-15(20(24)26-19(13)14)17-12-27-21(23-17)22-16-9-4-5-10-18(16)25-2/h4-12H,3H2,1-2H3,(H,22,23). The molecule has 2 aromatic heterocycles. The zero-order chi connectivity index (χ0) is 18.8. The average molecular weight is 378 g/mol. The second-order valence-corrected chi connectivity index (χ2v) is 6.86. The van der Waals surface area contributed by atoms with Gasteiger partial charge in [-0.05, 0) is 30.2 Å². The van der Waals surface area contributed by atoms with Crippen LogP contribution in [-0.2, 0) is 6.42 Å². The highest BCUT2D eigenvalue weighted by Crippen LogP contribution is 2.31. The molecule has 0 radical (unpaired) electrons. The summed E-state index contributed by atoms with van der Waals surface area (Å²) in [7, 11) is 1.62. The summed E-state index contributed by atoms with van der Waals surface area (Å²) in [4.78, 5) is 17.1. The summed E-state index contributed by atoms with van der Waals surface area (Å²) in [6.45, 7) is 2.04. The number of benzene rings is 2. The first-order valence-electron chi connectivity index (χ1n) is 8.61. The fourth-order valence-electron chi connectivity index (χ4n) is 2.98. The van der Waals surface area contributed by atoms with E-state index in [0.29, 0.717) is 22.0 Å². The fourth-order valence-corrected chi connectivity index (χ4v) is 3.70. The molecular weight excluding hydrogens is 360 g/mol. The van der Waals surface area contributed by atoms with E-state index in [1.54, 1.807) is 7.11 Å². The number of para-hydroxylation sites is 3. The molecule has 5 nitrogen and oxygen atoms in total. The Bertz CT molecular complexity index is 1160. The van der Waals surface area contributed by atoms with Crippen molar-refractivity contribution in [3.8, 4) is 17.0 Å². The van der Waals surface area contributed by atoms with E-state index in [4.69, 9.17) is 9.15 Å². The number of rotatable bonds is 5. The number of hydrogen-bond acceptors (Lipinski definition) is 6. The van der Waals surface area contributed by atoms with Gasteiger partial charge in [-0.3, -0.25) is 0 Å². The quantitative estimate of drug-likeness (QED) is 0.482. The van der Waals surface area contributed by atoms with Crippen molar-refractivity contribution in [2.45, 2.75) is 13.3 Å². The Balaban J connectivity index is 1.71. The minimum Gasteiger partial charge on any atom is -0.495 e. The molecule has 4 rings (SSSR count). The smallest absolute Gasteiger partial charge is 0.345 e. The largest absolute Gasteiger partial charge is 0.495 e. The van der Waals surface area contributed by atoms with Crippen LogP contribution in [0.3, 0.4) is 0 Å². The second-order valence-electron chi connectivity index (χ2n) is 6.00. The van der Waals surface area contributed by atoms with Crippen molar-refractivity contribution < 1.29 is 9.15 Å². The average Bonchev–Trinajstić information content (AvgIpc) is 3.15. The van der Waals surface area contributed by atoms with Crippen LogP contribution < -0.4 is 15.7 Å². The maximum absolute atomic E-state index is 12.5. The molecule has 0 saturated heterocycles. The molecule has 0 saturated carbocycles. The normalized spacial score (nSPS) is 10.9. The lowest BCUT2D eigenvalue weighted by atomic mass is 10.1. The van der Waals surface area contributed by atoms with E-state index in [-0.39, 0.29) is 5.63 Å². The minimum atomic E-state index is -0.377. The lowest BCUT2D eigenvalue weighted by Gasteiger charge is -2.08. The van der Waals surface area contributed by atoms with Gasteiger partial charge in [0, 0.05) is 10.8 Å². The summed E-state index contributed by atoms with van der Waals surface area (Å²) in [6.07, 6.45) is 0.809. The van der Waals surface area contributed by atoms with Gasteiger partial charge >= 0.3 is 5.63 Å². The van der Waals surface area contributed by atoms with Crippen molar-refractivity contribution in [1.29, 1.82) is 0 Å². The first kappa shape index (κ1) is 17.3. The van der Waals surface area contributed by atoms with E-state index in [2.05, 4.69) is 10.3 Å². The first-order chi connectivity index (χ1) is 13.2. The molecule has 2 heterocycles. The van der Waals surface area contributed by atoms with Crippen LogP contribution >= 0.6 is 11.3 Å². The lowest BCUT2D eigenvalue weighted by molar-refractivity contribution is 0.417. The van der Waals surface area contributed by atoms with Gasteiger partial charge in [0.1, 0.15) is 11.3 Å². The topological polar surface area (TPSA) is 64.4 Å². The van der Waals surface area contributed by atoms with Crippen LogP contribution in [0, 0.1) is 0 Å². The number of nitrogens with zero attached hydrogens (tertiary/aromatic N) is 1. The Kier molecular flexibility index (Phi) is 4.64. The molecule has 27 heavy (non-hydrogen) atoms. The number of methoxy groups -OCH3 is 1. The van der Waals surface area contributed by atoms with E-state index in [1.807, 2.05) is 60.8 Å². The van der Waals surface area contributed by atoms with Crippen molar-refractivity contribution in [2.75, 3.05) is 12.4 Å². The number of aromatic nitrogens is 1. The van der Waals surface area contributed by atoms with Gasteiger partial charge in [-0.1, -0.05) is 37.3 Å². The third-order valence-corrected chi connectivity index (χ3v) is 5.11. The molecule has 0 aliphatic rings. The maximum atomic E-state index is 12.5. The van der Waals surface area contributed by atoms with Gasteiger partial charge in [0.15, 0.2) is 5.13 Å². The summed E-state index contributed by atoms with van der Waals surface area (Å²) < 4.78 is 10.9. The molecule has 0 amide bonds. The summed E-state index contributed by atoms with van der Waals surface area (Å²) in [5.74, 6) is 0.728. The minimum absolute atomic E-state index is 0.377. The molecular formula is C21H18N2O3S. The Hall–Kier alpha value is -3.12. The van der Waals surface area contributed by atoms with Crippen LogP contribution in [0.2, 0.25) is 0 Å². The Labute approximate surface area is 160 Å². The van der Waals surface area contributed by atoms with Crippen LogP contribution in [0.15, 0.2) is 63.1 Å². The number of ether oxygens (including phenoxy) is 1.